The molecule has 0 bridgehead atoms. The van der Waals surface area contributed by atoms with Crippen molar-refractivity contribution in [3.63, 3.8) is 0 Å². The van der Waals surface area contributed by atoms with Gasteiger partial charge in [0.15, 0.2) is 0 Å². The Kier molecular flexibility index (Phi) is 9.80. The molecule has 2 aliphatic heterocycles. The maximum atomic E-state index is 11.4. The molecule has 2 saturated heterocycles. The molecule has 3 heterocycles. The maximum absolute atomic E-state index is 11.4. The monoisotopic (exact) mass is 617 g/mol. The Morgan fingerprint density at radius 2 is 1.93 bits per heavy atom. The third kappa shape index (κ3) is 7.30. The van der Waals surface area contributed by atoms with Crippen molar-refractivity contribution in [1.29, 1.82) is 0 Å². The number of ether oxygens (including phenoxy) is 3. The molecule has 0 aliphatic carbocycles. The summed E-state index contributed by atoms with van der Waals surface area (Å²) in [6, 6.07) is 13.3. The molecule has 1 aromatic heterocycles. The van der Waals surface area contributed by atoms with Gasteiger partial charge in [0, 0.05) is 74.0 Å². The number of carboxylic acid groups (broad SMARTS) is 1. The normalized spacial score (nSPS) is 21.2. The van der Waals surface area contributed by atoms with Crippen LogP contribution in [-0.4, -0.2) is 95.2 Å². The van der Waals surface area contributed by atoms with Gasteiger partial charge >= 0.3 is 6.09 Å². The molecule has 2 aromatic carbocycles. The van der Waals surface area contributed by atoms with Crippen molar-refractivity contribution < 1.29 is 24.1 Å². The number of halogens is 2. The first-order chi connectivity index (χ1) is 20.2. The zero-order chi connectivity index (χ0) is 29.7. The highest BCUT2D eigenvalue weighted by molar-refractivity contribution is 6.35. The van der Waals surface area contributed by atoms with Gasteiger partial charge in [-0.05, 0) is 50.2 Å². The van der Waals surface area contributed by atoms with Crippen LogP contribution in [0.4, 0.5) is 10.5 Å². The van der Waals surface area contributed by atoms with Crippen molar-refractivity contribution in [2.24, 2.45) is 0 Å². The molecule has 0 saturated carbocycles. The van der Waals surface area contributed by atoms with Gasteiger partial charge in [-0.3, -0.25) is 4.90 Å². The van der Waals surface area contributed by atoms with Crippen LogP contribution in [0.3, 0.4) is 0 Å². The molecule has 2 unspecified atom stereocenters. The molecular weight excluding hydrogens is 581 g/mol. The van der Waals surface area contributed by atoms with Gasteiger partial charge in [0.05, 0.1) is 24.5 Å². The lowest BCUT2D eigenvalue weighted by molar-refractivity contribution is -0.189. The minimum Gasteiger partial charge on any atom is -0.491 e. The minimum absolute atomic E-state index is 0.0240. The molecule has 1 N–H and O–H groups in total. The number of amides is 1. The van der Waals surface area contributed by atoms with Crippen molar-refractivity contribution in [1.82, 2.24) is 19.4 Å². The molecule has 12 heteroatoms. The van der Waals surface area contributed by atoms with E-state index in [2.05, 4.69) is 26.9 Å². The highest BCUT2D eigenvalue weighted by Gasteiger charge is 2.45. The zero-order valence-electron chi connectivity index (χ0n) is 23.9. The third-order valence-electron chi connectivity index (χ3n) is 7.69. The summed E-state index contributed by atoms with van der Waals surface area (Å²) < 4.78 is 20.7. The van der Waals surface area contributed by atoms with Gasteiger partial charge in [-0.25, -0.2) is 9.78 Å². The maximum Gasteiger partial charge on any atom is 0.407 e. The first-order valence-corrected chi connectivity index (χ1v) is 14.9. The predicted molar refractivity (Wildman–Crippen MR) is 162 cm³/mol. The molecule has 5 rings (SSSR count). The fraction of sp³-hybridized carbons (Fsp3) is 0.467. The van der Waals surface area contributed by atoms with E-state index in [0.717, 1.165) is 44.2 Å². The number of benzene rings is 2. The fourth-order valence-electron chi connectivity index (χ4n) is 5.37. The van der Waals surface area contributed by atoms with E-state index in [0.29, 0.717) is 41.9 Å². The van der Waals surface area contributed by atoms with Gasteiger partial charge in [-0.15, -0.1) is 0 Å². The van der Waals surface area contributed by atoms with Crippen LogP contribution >= 0.6 is 23.2 Å². The fourth-order valence-corrected chi connectivity index (χ4v) is 5.92. The molecule has 0 radical (unpaired) electrons. The van der Waals surface area contributed by atoms with Gasteiger partial charge in [0.25, 0.3) is 0 Å². The molecular formula is C30H37Cl2N5O5. The molecule has 1 amide bonds. The third-order valence-corrected chi connectivity index (χ3v) is 8.23. The topological polar surface area (TPSA) is 92.5 Å². The Balaban J connectivity index is 1.13. The smallest absolute Gasteiger partial charge is 0.407 e. The summed E-state index contributed by atoms with van der Waals surface area (Å²) in [5.74, 6) is -0.344. The number of imidazole rings is 1. The van der Waals surface area contributed by atoms with E-state index in [1.807, 2.05) is 42.8 Å². The van der Waals surface area contributed by atoms with Gasteiger partial charge < -0.3 is 33.7 Å². The van der Waals surface area contributed by atoms with Crippen LogP contribution in [0.5, 0.6) is 5.75 Å². The second-order valence-corrected chi connectivity index (χ2v) is 11.7. The largest absolute Gasteiger partial charge is 0.491 e. The van der Waals surface area contributed by atoms with E-state index in [4.69, 9.17) is 37.4 Å². The summed E-state index contributed by atoms with van der Waals surface area (Å²) in [6.07, 6.45) is 4.10. The lowest BCUT2D eigenvalue weighted by Crippen LogP contribution is -2.49. The number of aromatic nitrogens is 2. The summed E-state index contributed by atoms with van der Waals surface area (Å²) >= 11 is 12.7. The average molecular weight is 619 g/mol. The Morgan fingerprint density at radius 1 is 1.17 bits per heavy atom. The molecule has 0 spiro atoms. The Labute approximate surface area is 256 Å². The highest BCUT2D eigenvalue weighted by atomic mass is 35.5. The van der Waals surface area contributed by atoms with E-state index in [1.54, 1.807) is 24.7 Å². The Hall–Kier alpha value is -3.02. The molecule has 2 atom stereocenters. The SMILES string of the molecule is CC(C)N(CCN1CCN(c2ccc(OCC3COC(Cn4ccnc4)(c4ccc(Cl)cc4Cl)O3)cc2)CC1)C(=O)O. The van der Waals surface area contributed by atoms with E-state index >= 15 is 0 Å². The van der Waals surface area contributed by atoms with E-state index in [1.165, 1.54) is 4.90 Å². The van der Waals surface area contributed by atoms with E-state index in [9.17, 15) is 9.90 Å². The lowest BCUT2D eigenvalue weighted by atomic mass is 10.1. The summed E-state index contributed by atoms with van der Waals surface area (Å²) in [5.41, 5.74) is 1.84. The van der Waals surface area contributed by atoms with Crippen molar-refractivity contribution in [3.05, 3.63) is 76.8 Å². The number of carbonyl (C=O) groups is 1. The quantitative estimate of drug-likeness (QED) is 0.320. The van der Waals surface area contributed by atoms with Crippen LogP contribution in [0.2, 0.25) is 10.0 Å². The molecule has 3 aromatic rings. The van der Waals surface area contributed by atoms with Crippen molar-refractivity contribution in [3.8, 4) is 5.75 Å². The zero-order valence-corrected chi connectivity index (χ0v) is 25.4. The Morgan fingerprint density at radius 3 is 2.57 bits per heavy atom. The Bertz CT molecular complexity index is 1320. The van der Waals surface area contributed by atoms with Crippen LogP contribution < -0.4 is 9.64 Å². The summed E-state index contributed by atoms with van der Waals surface area (Å²) in [7, 11) is 0. The molecule has 2 fully saturated rings. The predicted octanol–water partition coefficient (Wildman–Crippen LogP) is 5.05. The lowest BCUT2D eigenvalue weighted by Gasteiger charge is -2.37. The van der Waals surface area contributed by atoms with Crippen LogP contribution in [0.15, 0.2) is 61.2 Å². The average Bonchev–Trinajstić information content (AvgIpc) is 3.63. The van der Waals surface area contributed by atoms with Gasteiger partial charge in [0.1, 0.15) is 18.5 Å². The van der Waals surface area contributed by atoms with Gasteiger partial charge in [-0.1, -0.05) is 29.3 Å². The molecule has 226 valence electrons. The molecule has 2 aliphatic rings. The van der Waals surface area contributed by atoms with Crippen LogP contribution in [0, 0.1) is 0 Å². The number of nitrogens with zero attached hydrogens (tertiary/aromatic N) is 5. The van der Waals surface area contributed by atoms with Gasteiger partial charge in [-0.2, -0.15) is 0 Å². The number of rotatable bonds is 11. The molecule has 10 nitrogen and oxygen atoms in total. The van der Waals surface area contributed by atoms with E-state index < -0.39 is 11.9 Å². The van der Waals surface area contributed by atoms with Crippen molar-refractivity contribution in [2.45, 2.75) is 38.3 Å². The number of hydrogen-bond donors (Lipinski definition) is 1. The number of piperazine rings is 1. The standard InChI is InChI=1S/C30H37Cl2N5O5/c1-22(2)37(29(38)39)16-13-34-11-14-36(15-12-34)24-4-6-25(7-5-24)40-18-26-19-41-30(42-26,20-35-10-9-33-21-35)27-8-3-23(31)17-28(27)32/h3-10,17,21-22,26H,11-16,18-20H2,1-2H3,(H,38,39). The summed E-state index contributed by atoms with van der Waals surface area (Å²) in [4.78, 5) is 21.7. The number of hydrogen-bond acceptors (Lipinski definition) is 7. The van der Waals surface area contributed by atoms with Crippen LogP contribution in [0.1, 0.15) is 19.4 Å². The number of anilines is 1. The van der Waals surface area contributed by atoms with Crippen molar-refractivity contribution >= 4 is 35.0 Å². The first-order valence-electron chi connectivity index (χ1n) is 14.2. The minimum atomic E-state index is -1.09. The van der Waals surface area contributed by atoms with Crippen molar-refractivity contribution in [2.75, 3.05) is 57.4 Å². The first kappa shape index (κ1) is 30.4. The van der Waals surface area contributed by atoms with Crippen LogP contribution in [-0.2, 0) is 21.8 Å². The molecule has 42 heavy (non-hydrogen) atoms. The summed E-state index contributed by atoms with van der Waals surface area (Å²) in [6.45, 7) is 9.66. The second-order valence-electron chi connectivity index (χ2n) is 10.9. The second kappa shape index (κ2) is 13.5. The van der Waals surface area contributed by atoms with Gasteiger partial charge in [0.2, 0.25) is 5.79 Å². The highest BCUT2D eigenvalue weighted by Crippen LogP contribution is 2.40. The van der Waals surface area contributed by atoms with E-state index in [-0.39, 0.29) is 12.1 Å². The van der Waals surface area contributed by atoms with Crippen LogP contribution in [0.25, 0.3) is 0 Å². The summed E-state index contributed by atoms with van der Waals surface area (Å²) in [5, 5.41) is 10.4.